The number of rotatable bonds is 7. The number of hydrogen-bond acceptors (Lipinski definition) is 3. The van der Waals surface area contributed by atoms with Gasteiger partial charge < -0.3 is 4.74 Å². The van der Waals surface area contributed by atoms with Crippen molar-refractivity contribution in [3.63, 3.8) is 0 Å². The Morgan fingerprint density at radius 2 is 2.07 bits per heavy atom. The second kappa shape index (κ2) is 7.69. The van der Waals surface area contributed by atoms with Crippen LogP contribution < -0.4 is 4.72 Å². The fourth-order valence-electron chi connectivity index (χ4n) is 0.860. The Morgan fingerprint density at radius 3 is 2.60 bits per heavy atom. The van der Waals surface area contributed by atoms with Gasteiger partial charge in [-0.05, 0) is 20.8 Å². The number of nitrogens with one attached hydrogen (secondary N) is 1. The molecule has 0 saturated heterocycles. The summed E-state index contributed by atoms with van der Waals surface area (Å²) in [6.45, 7) is 6.07. The van der Waals surface area contributed by atoms with Gasteiger partial charge in [-0.25, -0.2) is 13.1 Å². The van der Waals surface area contributed by atoms with Gasteiger partial charge in [0, 0.05) is 13.0 Å². The fourth-order valence-corrected chi connectivity index (χ4v) is 1.73. The van der Waals surface area contributed by atoms with Crippen LogP contribution in [-0.2, 0) is 14.8 Å². The van der Waals surface area contributed by atoms with E-state index in [1.807, 2.05) is 13.8 Å². The summed E-state index contributed by atoms with van der Waals surface area (Å²) in [6.07, 6.45) is 0.604. The molecule has 0 saturated carbocycles. The van der Waals surface area contributed by atoms with Gasteiger partial charge in [0.25, 0.3) is 0 Å². The monoisotopic (exact) mass is 233 g/mol. The minimum Gasteiger partial charge on any atom is -0.378 e. The van der Waals surface area contributed by atoms with E-state index in [0.717, 1.165) is 0 Å². The van der Waals surface area contributed by atoms with E-state index in [0.29, 0.717) is 13.0 Å². The van der Waals surface area contributed by atoms with Crippen LogP contribution in [-0.4, -0.2) is 33.4 Å². The highest BCUT2D eigenvalue weighted by molar-refractivity contribution is 7.89. The Morgan fingerprint density at radius 1 is 1.40 bits per heavy atom. The molecule has 0 fully saturated rings. The average molecular weight is 233 g/mol. The summed E-state index contributed by atoms with van der Waals surface area (Å²) in [7, 11) is -3.20. The van der Waals surface area contributed by atoms with Crippen molar-refractivity contribution in [1.82, 2.24) is 4.72 Å². The van der Waals surface area contributed by atoms with Crippen molar-refractivity contribution in [1.29, 1.82) is 0 Å². The van der Waals surface area contributed by atoms with E-state index >= 15 is 0 Å². The van der Waals surface area contributed by atoms with Gasteiger partial charge >= 0.3 is 0 Å². The molecule has 0 unspecified atom stereocenters. The molecule has 0 rings (SSSR count). The molecular formula is C10H19NO3S. The lowest BCUT2D eigenvalue weighted by atomic mass is 10.4. The zero-order valence-electron chi connectivity index (χ0n) is 9.54. The van der Waals surface area contributed by atoms with E-state index in [1.165, 1.54) is 0 Å². The number of sulfonamides is 1. The zero-order valence-corrected chi connectivity index (χ0v) is 10.4. The Kier molecular flexibility index (Phi) is 7.39. The van der Waals surface area contributed by atoms with Crippen molar-refractivity contribution in [3.05, 3.63) is 0 Å². The third-order valence-corrected chi connectivity index (χ3v) is 2.90. The van der Waals surface area contributed by atoms with Crippen LogP contribution >= 0.6 is 0 Å². The smallest absolute Gasteiger partial charge is 0.213 e. The highest BCUT2D eigenvalue weighted by Crippen LogP contribution is 1.91. The summed E-state index contributed by atoms with van der Waals surface area (Å²) in [6, 6.07) is 0. The summed E-state index contributed by atoms with van der Waals surface area (Å²) in [5.41, 5.74) is 0. The van der Waals surface area contributed by atoms with E-state index in [1.54, 1.807) is 6.92 Å². The van der Waals surface area contributed by atoms with Crippen LogP contribution in [0.4, 0.5) is 0 Å². The van der Waals surface area contributed by atoms with Crippen molar-refractivity contribution in [2.75, 3.05) is 18.9 Å². The molecule has 0 spiro atoms. The third-order valence-electron chi connectivity index (χ3n) is 1.55. The first-order valence-corrected chi connectivity index (χ1v) is 6.61. The second-order valence-corrected chi connectivity index (χ2v) is 5.24. The summed E-state index contributed by atoms with van der Waals surface area (Å²) in [5.74, 6) is 5.49. The molecule has 0 radical (unpaired) electrons. The molecule has 15 heavy (non-hydrogen) atoms. The minimum absolute atomic E-state index is 0.00470. The molecular weight excluding hydrogens is 214 g/mol. The quantitative estimate of drug-likeness (QED) is 0.521. The first-order valence-electron chi connectivity index (χ1n) is 4.96. The summed E-state index contributed by atoms with van der Waals surface area (Å²) < 4.78 is 30.3. The first kappa shape index (κ1) is 14.4. The van der Waals surface area contributed by atoms with Gasteiger partial charge in [0.15, 0.2) is 0 Å². The summed E-state index contributed by atoms with van der Waals surface area (Å²) in [4.78, 5) is 0. The molecule has 4 nitrogen and oxygen atoms in total. The molecule has 0 heterocycles. The maximum atomic E-state index is 11.3. The molecule has 0 aromatic rings. The van der Waals surface area contributed by atoms with Gasteiger partial charge in [0.1, 0.15) is 0 Å². The van der Waals surface area contributed by atoms with E-state index in [2.05, 4.69) is 16.6 Å². The van der Waals surface area contributed by atoms with Crippen LogP contribution in [0.1, 0.15) is 27.2 Å². The van der Waals surface area contributed by atoms with Gasteiger partial charge in [0.2, 0.25) is 10.0 Å². The molecule has 0 aliphatic heterocycles. The van der Waals surface area contributed by atoms with E-state index in [9.17, 15) is 8.42 Å². The van der Waals surface area contributed by atoms with Crippen LogP contribution in [0.2, 0.25) is 0 Å². The number of hydrogen-bond donors (Lipinski definition) is 1. The molecule has 0 aliphatic rings. The lowest BCUT2D eigenvalue weighted by molar-refractivity contribution is 0.0911. The molecule has 0 bridgehead atoms. The van der Waals surface area contributed by atoms with Gasteiger partial charge in [-0.15, -0.1) is 11.8 Å². The Hall–Kier alpha value is -0.570. The minimum atomic E-state index is -3.20. The third kappa shape index (κ3) is 9.73. The topological polar surface area (TPSA) is 55.4 Å². The van der Waals surface area contributed by atoms with Gasteiger partial charge in [-0.3, -0.25) is 0 Å². The maximum Gasteiger partial charge on any atom is 0.213 e. The molecule has 0 aliphatic carbocycles. The molecule has 88 valence electrons. The van der Waals surface area contributed by atoms with E-state index < -0.39 is 10.0 Å². The Bertz CT molecular complexity index is 311. The highest BCUT2D eigenvalue weighted by Gasteiger charge is 2.08. The lowest BCUT2D eigenvalue weighted by Gasteiger charge is -2.08. The van der Waals surface area contributed by atoms with Gasteiger partial charge in [0.05, 0.1) is 18.5 Å². The van der Waals surface area contributed by atoms with Crippen LogP contribution in [0.5, 0.6) is 0 Å². The van der Waals surface area contributed by atoms with Gasteiger partial charge in [-0.1, -0.05) is 0 Å². The summed E-state index contributed by atoms with van der Waals surface area (Å²) in [5, 5.41) is 0. The summed E-state index contributed by atoms with van der Waals surface area (Å²) >= 11 is 0. The van der Waals surface area contributed by atoms with E-state index in [4.69, 9.17) is 4.74 Å². The highest BCUT2D eigenvalue weighted by atomic mass is 32.2. The lowest BCUT2D eigenvalue weighted by Crippen LogP contribution is -2.29. The molecule has 1 N–H and O–H groups in total. The molecule has 0 aromatic carbocycles. The molecule has 0 aromatic heterocycles. The van der Waals surface area contributed by atoms with Crippen molar-refractivity contribution < 1.29 is 13.2 Å². The van der Waals surface area contributed by atoms with Crippen LogP contribution in [0.15, 0.2) is 0 Å². The maximum absolute atomic E-state index is 11.3. The largest absolute Gasteiger partial charge is 0.378 e. The second-order valence-electron chi connectivity index (χ2n) is 3.31. The molecule has 0 amide bonds. The van der Waals surface area contributed by atoms with Crippen molar-refractivity contribution >= 4 is 10.0 Å². The molecule has 0 atom stereocenters. The first-order chi connectivity index (χ1) is 6.98. The molecule has 5 heteroatoms. The number of ether oxygens (including phenoxy) is 1. The zero-order chi connectivity index (χ0) is 11.7. The van der Waals surface area contributed by atoms with Gasteiger partial charge in [-0.2, -0.15) is 0 Å². The normalized spacial score (nSPS) is 11.2. The van der Waals surface area contributed by atoms with Crippen LogP contribution in [0.25, 0.3) is 0 Å². The Labute approximate surface area is 92.4 Å². The van der Waals surface area contributed by atoms with Crippen molar-refractivity contribution in [3.8, 4) is 11.8 Å². The SMILES string of the molecule is CC#CCCNS(=O)(=O)CCOC(C)C. The Balaban J connectivity index is 3.71. The average Bonchev–Trinajstić information content (AvgIpc) is 2.11. The predicted molar refractivity (Wildman–Crippen MR) is 60.9 cm³/mol. The van der Waals surface area contributed by atoms with Crippen molar-refractivity contribution in [2.45, 2.75) is 33.3 Å². The standard InChI is InChI=1S/C10H19NO3S/c1-4-5-6-7-11-15(12,13)9-8-14-10(2)3/h10-11H,6-9H2,1-3H3. The van der Waals surface area contributed by atoms with E-state index in [-0.39, 0.29) is 18.5 Å². The van der Waals surface area contributed by atoms with Crippen molar-refractivity contribution in [2.24, 2.45) is 0 Å². The van der Waals surface area contributed by atoms with Crippen LogP contribution in [0.3, 0.4) is 0 Å². The predicted octanol–water partition coefficient (Wildman–Crippen LogP) is 0.744. The fraction of sp³-hybridized carbons (Fsp3) is 0.800. The van der Waals surface area contributed by atoms with Crippen LogP contribution in [0, 0.1) is 11.8 Å².